The Kier molecular flexibility index (Phi) is 1.20. The molecule has 0 bridgehead atoms. The predicted octanol–water partition coefficient (Wildman–Crippen LogP) is -0.258. The van der Waals surface area contributed by atoms with E-state index >= 15 is 0 Å². The normalized spacial score (nSPS) is 38.9. The third kappa shape index (κ3) is 0.736. The molecule has 3 heteroatoms. The van der Waals surface area contributed by atoms with Gasteiger partial charge in [-0.2, -0.15) is 0 Å². The fraction of sp³-hybridized carbons (Fsp3) is 0.857. The van der Waals surface area contributed by atoms with Gasteiger partial charge in [-0.1, -0.05) is 0 Å². The van der Waals surface area contributed by atoms with Crippen molar-refractivity contribution in [3.05, 3.63) is 0 Å². The Balaban J connectivity index is 2.12. The molecule has 2 atom stereocenters. The number of aliphatic hydroxyl groups excluding tert-OH is 1. The van der Waals surface area contributed by atoms with Crippen molar-refractivity contribution in [2.75, 3.05) is 6.54 Å². The van der Waals surface area contributed by atoms with E-state index in [9.17, 15) is 4.79 Å². The fourth-order valence-electron chi connectivity index (χ4n) is 1.90. The van der Waals surface area contributed by atoms with Gasteiger partial charge in [0.2, 0.25) is 5.91 Å². The Morgan fingerprint density at radius 1 is 1.60 bits per heavy atom. The molecular formula is C7H11NO2. The fourth-order valence-corrected chi connectivity index (χ4v) is 1.90. The van der Waals surface area contributed by atoms with E-state index in [2.05, 4.69) is 0 Å². The Morgan fingerprint density at radius 2 is 2.40 bits per heavy atom. The zero-order valence-electron chi connectivity index (χ0n) is 5.79. The molecule has 2 aliphatic heterocycles. The highest BCUT2D eigenvalue weighted by Crippen LogP contribution is 2.28. The van der Waals surface area contributed by atoms with Crippen LogP contribution in [0.25, 0.3) is 0 Å². The average Bonchev–Trinajstić information content (AvgIpc) is 2.35. The molecule has 3 nitrogen and oxygen atoms in total. The van der Waals surface area contributed by atoms with Gasteiger partial charge in [0.1, 0.15) is 0 Å². The molecule has 0 aromatic carbocycles. The number of aliphatic hydroxyl groups is 1. The molecule has 0 radical (unpaired) electrons. The van der Waals surface area contributed by atoms with Crippen LogP contribution in [0.2, 0.25) is 0 Å². The first-order valence-electron chi connectivity index (χ1n) is 3.75. The van der Waals surface area contributed by atoms with Gasteiger partial charge in [-0.3, -0.25) is 4.79 Å². The molecule has 0 aliphatic carbocycles. The van der Waals surface area contributed by atoms with Crippen molar-refractivity contribution in [3.63, 3.8) is 0 Å². The minimum absolute atomic E-state index is 0.224. The summed E-state index contributed by atoms with van der Waals surface area (Å²) in [6.07, 6.45) is 2.19. The molecule has 2 saturated heterocycles. The van der Waals surface area contributed by atoms with Gasteiger partial charge in [0.05, 0.1) is 6.10 Å². The molecular weight excluding hydrogens is 130 g/mol. The van der Waals surface area contributed by atoms with Gasteiger partial charge < -0.3 is 10.0 Å². The predicted molar refractivity (Wildman–Crippen MR) is 35.4 cm³/mol. The summed E-state index contributed by atoms with van der Waals surface area (Å²) >= 11 is 0. The minimum Gasteiger partial charge on any atom is -0.391 e. The number of hydrogen-bond donors (Lipinski definition) is 1. The summed E-state index contributed by atoms with van der Waals surface area (Å²) in [5.74, 6) is 0.224. The molecule has 0 spiro atoms. The second-order valence-corrected chi connectivity index (χ2v) is 3.13. The Hall–Kier alpha value is -0.570. The van der Waals surface area contributed by atoms with Crippen LogP contribution in [0, 0.1) is 0 Å². The van der Waals surface area contributed by atoms with Crippen LogP contribution < -0.4 is 0 Å². The maximum atomic E-state index is 11.0. The average molecular weight is 141 g/mol. The first-order valence-corrected chi connectivity index (χ1v) is 3.75. The van der Waals surface area contributed by atoms with Crippen LogP contribution in [0.5, 0.6) is 0 Å². The summed E-state index contributed by atoms with van der Waals surface area (Å²) in [6, 6.07) is 0.363. The number of amides is 1. The van der Waals surface area contributed by atoms with Crippen LogP contribution in [0.3, 0.4) is 0 Å². The summed E-state index contributed by atoms with van der Waals surface area (Å²) in [4.78, 5) is 12.8. The molecule has 1 N–H and O–H groups in total. The Bertz CT molecular complexity index is 169. The lowest BCUT2D eigenvalue weighted by Crippen LogP contribution is -2.27. The highest BCUT2D eigenvalue weighted by Gasteiger charge is 2.38. The van der Waals surface area contributed by atoms with Crippen molar-refractivity contribution in [3.8, 4) is 0 Å². The molecule has 56 valence electrons. The number of nitrogens with zero attached hydrogens (tertiary/aromatic N) is 1. The second-order valence-electron chi connectivity index (χ2n) is 3.13. The van der Waals surface area contributed by atoms with Gasteiger partial charge in [0.15, 0.2) is 0 Å². The Labute approximate surface area is 59.6 Å². The molecule has 2 heterocycles. The van der Waals surface area contributed by atoms with Crippen molar-refractivity contribution in [2.45, 2.75) is 31.4 Å². The van der Waals surface area contributed by atoms with Crippen molar-refractivity contribution in [1.82, 2.24) is 4.90 Å². The molecule has 2 unspecified atom stereocenters. The summed E-state index contributed by atoms with van der Waals surface area (Å²) < 4.78 is 0. The third-order valence-electron chi connectivity index (χ3n) is 2.40. The zero-order chi connectivity index (χ0) is 7.14. The van der Waals surface area contributed by atoms with Crippen molar-refractivity contribution in [2.24, 2.45) is 0 Å². The summed E-state index contributed by atoms with van der Waals surface area (Å²) in [5, 5.41) is 9.16. The number of hydrogen-bond acceptors (Lipinski definition) is 2. The summed E-state index contributed by atoms with van der Waals surface area (Å²) in [5.41, 5.74) is 0. The molecule has 2 rings (SSSR count). The van der Waals surface area contributed by atoms with E-state index in [1.165, 1.54) is 0 Å². The lowest BCUT2D eigenvalue weighted by atomic mass is 10.1. The summed E-state index contributed by atoms with van der Waals surface area (Å²) in [7, 11) is 0. The van der Waals surface area contributed by atoms with Crippen LogP contribution in [0.4, 0.5) is 0 Å². The monoisotopic (exact) mass is 141 g/mol. The molecule has 0 saturated carbocycles. The maximum absolute atomic E-state index is 11.0. The quantitative estimate of drug-likeness (QED) is 0.505. The zero-order valence-corrected chi connectivity index (χ0v) is 5.79. The number of rotatable bonds is 0. The molecule has 2 aliphatic rings. The highest BCUT2D eigenvalue weighted by atomic mass is 16.3. The van der Waals surface area contributed by atoms with Crippen molar-refractivity contribution in [1.29, 1.82) is 0 Å². The van der Waals surface area contributed by atoms with Crippen LogP contribution in [0.1, 0.15) is 19.3 Å². The van der Waals surface area contributed by atoms with Crippen LogP contribution in [0.15, 0.2) is 0 Å². The van der Waals surface area contributed by atoms with E-state index in [4.69, 9.17) is 5.11 Å². The van der Waals surface area contributed by atoms with Gasteiger partial charge in [-0.15, -0.1) is 0 Å². The second kappa shape index (κ2) is 1.95. The molecule has 0 aromatic rings. The van der Waals surface area contributed by atoms with E-state index in [-0.39, 0.29) is 12.0 Å². The van der Waals surface area contributed by atoms with Crippen molar-refractivity contribution >= 4 is 5.91 Å². The van der Waals surface area contributed by atoms with Gasteiger partial charge in [0, 0.05) is 19.0 Å². The molecule has 2 fully saturated rings. The first kappa shape index (κ1) is 6.16. The highest BCUT2D eigenvalue weighted by molar-refractivity contribution is 5.79. The van der Waals surface area contributed by atoms with Crippen LogP contribution in [-0.2, 0) is 4.79 Å². The van der Waals surface area contributed by atoms with E-state index in [1.54, 1.807) is 0 Å². The van der Waals surface area contributed by atoms with Crippen LogP contribution >= 0.6 is 0 Å². The largest absolute Gasteiger partial charge is 0.391 e. The van der Waals surface area contributed by atoms with Gasteiger partial charge in [-0.25, -0.2) is 0 Å². The minimum atomic E-state index is -0.255. The van der Waals surface area contributed by atoms with Gasteiger partial charge in [-0.05, 0) is 12.8 Å². The lowest BCUT2D eigenvalue weighted by Gasteiger charge is -2.13. The van der Waals surface area contributed by atoms with E-state index in [1.807, 2.05) is 4.90 Å². The molecule has 1 amide bonds. The van der Waals surface area contributed by atoms with E-state index in [0.29, 0.717) is 19.0 Å². The van der Waals surface area contributed by atoms with Crippen LogP contribution in [-0.4, -0.2) is 34.6 Å². The number of carbonyl (C=O) groups excluding carboxylic acids is 1. The number of carbonyl (C=O) groups is 1. The first-order chi connectivity index (χ1) is 4.77. The standard InChI is InChI=1S/C7H11NO2/c9-6-3-5-1-2-7(10)8(5)4-6/h5-6,9H,1-4H2. The summed E-state index contributed by atoms with van der Waals surface area (Å²) in [6.45, 7) is 0.573. The SMILES string of the molecule is O=C1CCC2CC(O)CN12. The van der Waals surface area contributed by atoms with E-state index < -0.39 is 0 Å². The lowest BCUT2D eigenvalue weighted by molar-refractivity contribution is -0.128. The number of fused-ring (bicyclic) bond motifs is 1. The third-order valence-corrected chi connectivity index (χ3v) is 2.40. The molecule has 10 heavy (non-hydrogen) atoms. The van der Waals surface area contributed by atoms with Gasteiger partial charge >= 0.3 is 0 Å². The smallest absolute Gasteiger partial charge is 0.222 e. The van der Waals surface area contributed by atoms with Gasteiger partial charge in [0.25, 0.3) is 0 Å². The Morgan fingerprint density at radius 3 is 3.10 bits per heavy atom. The van der Waals surface area contributed by atoms with E-state index in [0.717, 1.165) is 12.8 Å². The topological polar surface area (TPSA) is 40.5 Å². The molecule has 0 aromatic heterocycles. The van der Waals surface area contributed by atoms with Crippen molar-refractivity contribution < 1.29 is 9.90 Å². The maximum Gasteiger partial charge on any atom is 0.222 e.